The summed E-state index contributed by atoms with van der Waals surface area (Å²) in [6.45, 7) is 1.78. The number of alkyl halides is 3. The van der Waals surface area contributed by atoms with Crippen LogP contribution in [-0.4, -0.2) is 31.8 Å². The van der Waals surface area contributed by atoms with Crippen molar-refractivity contribution in [2.24, 2.45) is 0 Å². The van der Waals surface area contributed by atoms with Crippen molar-refractivity contribution in [3.05, 3.63) is 47.8 Å². The highest BCUT2D eigenvalue weighted by Crippen LogP contribution is 2.36. The molecule has 1 aliphatic rings. The standard InChI is InChI=1S/C16H17F3N4O/c1-11(12-3-2-4-13(9-12)16(17,18)19)23(14-5-6-14)15(24)10-22-8-7-20-21-22/h2-4,7-9,11,14H,5-6,10H2,1H3. The van der Waals surface area contributed by atoms with Crippen molar-refractivity contribution in [3.8, 4) is 0 Å². The fourth-order valence-electron chi connectivity index (χ4n) is 2.76. The van der Waals surface area contributed by atoms with Gasteiger partial charge in [-0.3, -0.25) is 4.79 Å². The molecule has 0 saturated heterocycles. The molecule has 1 aromatic carbocycles. The summed E-state index contributed by atoms with van der Waals surface area (Å²) in [5, 5.41) is 7.42. The molecule has 5 nitrogen and oxygen atoms in total. The molecule has 24 heavy (non-hydrogen) atoms. The van der Waals surface area contributed by atoms with Crippen LogP contribution in [-0.2, 0) is 17.5 Å². The highest BCUT2D eigenvalue weighted by atomic mass is 19.4. The van der Waals surface area contributed by atoms with Crippen molar-refractivity contribution in [1.29, 1.82) is 0 Å². The summed E-state index contributed by atoms with van der Waals surface area (Å²) in [4.78, 5) is 14.3. The van der Waals surface area contributed by atoms with Crippen LogP contribution >= 0.6 is 0 Å². The number of carbonyl (C=O) groups excluding carboxylic acids is 1. The average Bonchev–Trinajstić information content (AvgIpc) is 3.22. The van der Waals surface area contributed by atoms with Crippen molar-refractivity contribution >= 4 is 5.91 Å². The SMILES string of the molecule is CC(c1cccc(C(F)(F)F)c1)N(C(=O)Cn1ccnn1)C1CC1. The van der Waals surface area contributed by atoms with Crippen LogP contribution in [0.1, 0.15) is 36.9 Å². The maximum atomic E-state index is 12.9. The molecule has 2 aromatic rings. The Labute approximate surface area is 137 Å². The number of amides is 1. The number of carbonyl (C=O) groups is 1. The van der Waals surface area contributed by atoms with E-state index in [4.69, 9.17) is 0 Å². The zero-order chi connectivity index (χ0) is 17.3. The lowest BCUT2D eigenvalue weighted by Gasteiger charge is -2.30. The van der Waals surface area contributed by atoms with E-state index in [9.17, 15) is 18.0 Å². The fourth-order valence-corrected chi connectivity index (χ4v) is 2.76. The van der Waals surface area contributed by atoms with E-state index in [1.165, 1.54) is 16.9 Å². The molecule has 1 aromatic heterocycles. The van der Waals surface area contributed by atoms with Crippen molar-refractivity contribution < 1.29 is 18.0 Å². The van der Waals surface area contributed by atoms with Gasteiger partial charge >= 0.3 is 6.18 Å². The zero-order valence-electron chi connectivity index (χ0n) is 13.1. The van der Waals surface area contributed by atoms with Gasteiger partial charge in [0.15, 0.2) is 0 Å². The largest absolute Gasteiger partial charge is 0.416 e. The van der Waals surface area contributed by atoms with Crippen LogP contribution in [0.15, 0.2) is 36.7 Å². The number of hydrogen-bond donors (Lipinski definition) is 0. The Balaban J connectivity index is 1.82. The van der Waals surface area contributed by atoms with Crippen molar-refractivity contribution in [2.45, 2.75) is 44.6 Å². The predicted molar refractivity (Wildman–Crippen MR) is 79.7 cm³/mol. The van der Waals surface area contributed by atoms with Crippen molar-refractivity contribution in [1.82, 2.24) is 19.9 Å². The van der Waals surface area contributed by atoms with Gasteiger partial charge in [-0.2, -0.15) is 13.2 Å². The van der Waals surface area contributed by atoms with E-state index in [0.29, 0.717) is 5.56 Å². The minimum Gasteiger partial charge on any atom is -0.331 e. The second-order valence-corrected chi connectivity index (χ2v) is 5.93. The van der Waals surface area contributed by atoms with E-state index < -0.39 is 17.8 Å². The molecule has 1 amide bonds. The van der Waals surface area contributed by atoms with Gasteiger partial charge in [-0.1, -0.05) is 17.3 Å². The van der Waals surface area contributed by atoms with E-state index in [2.05, 4.69) is 10.3 Å². The Morgan fingerprint density at radius 2 is 2.17 bits per heavy atom. The number of nitrogens with zero attached hydrogens (tertiary/aromatic N) is 4. The second kappa shape index (κ2) is 6.26. The molecular formula is C16H17F3N4O. The van der Waals surface area contributed by atoms with E-state index in [0.717, 1.165) is 25.0 Å². The lowest BCUT2D eigenvalue weighted by molar-refractivity contribution is -0.137. The van der Waals surface area contributed by atoms with Gasteiger partial charge in [0.2, 0.25) is 5.91 Å². The zero-order valence-corrected chi connectivity index (χ0v) is 13.1. The number of benzene rings is 1. The number of halogens is 3. The van der Waals surface area contributed by atoms with Gasteiger partial charge < -0.3 is 4.90 Å². The minimum absolute atomic E-state index is 0.0276. The highest BCUT2D eigenvalue weighted by molar-refractivity contribution is 5.77. The van der Waals surface area contributed by atoms with E-state index >= 15 is 0 Å². The topological polar surface area (TPSA) is 51.0 Å². The molecule has 3 rings (SSSR count). The Morgan fingerprint density at radius 1 is 1.42 bits per heavy atom. The summed E-state index contributed by atoms with van der Waals surface area (Å²) < 4.78 is 40.2. The molecule has 1 saturated carbocycles. The maximum absolute atomic E-state index is 12.9. The first kappa shape index (κ1) is 16.5. The third kappa shape index (κ3) is 3.58. The van der Waals surface area contributed by atoms with E-state index in [-0.39, 0.29) is 18.5 Å². The molecule has 1 fully saturated rings. The normalized spacial score (nSPS) is 16.0. The number of hydrogen-bond acceptors (Lipinski definition) is 3. The van der Waals surface area contributed by atoms with Gasteiger partial charge in [-0.15, -0.1) is 5.10 Å². The molecule has 0 bridgehead atoms. The second-order valence-electron chi connectivity index (χ2n) is 5.93. The Hall–Kier alpha value is -2.38. The summed E-state index contributed by atoms with van der Waals surface area (Å²) in [7, 11) is 0. The summed E-state index contributed by atoms with van der Waals surface area (Å²) in [6.07, 6.45) is 0.395. The third-order valence-corrected chi connectivity index (χ3v) is 4.11. The first-order chi connectivity index (χ1) is 11.4. The lowest BCUT2D eigenvalue weighted by Crippen LogP contribution is -2.38. The summed E-state index contributed by atoms with van der Waals surface area (Å²) in [5.74, 6) is -0.173. The quantitative estimate of drug-likeness (QED) is 0.842. The Kier molecular flexibility index (Phi) is 4.29. The molecule has 1 aliphatic carbocycles. The molecule has 0 N–H and O–H groups in total. The van der Waals surface area contributed by atoms with Gasteiger partial charge in [0.05, 0.1) is 17.8 Å². The van der Waals surface area contributed by atoms with Crippen molar-refractivity contribution in [2.75, 3.05) is 0 Å². The first-order valence-corrected chi connectivity index (χ1v) is 7.68. The molecular weight excluding hydrogens is 321 g/mol. The van der Waals surface area contributed by atoms with Gasteiger partial charge in [-0.05, 0) is 37.5 Å². The molecule has 8 heteroatoms. The monoisotopic (exact) mass is 338 g/mol. The number of rotatable bonds is 5. The third-order valence-electron chi connectivity index (χ3n) is 4.11. The van der Waals surface area contributed by atoms with Gasteiger partial charge in [-0.25, -0.2) is 4.68 Å². The Bertz CT molecular complexity index is 710. The van der Waals surface area contributed by atoms with Crippen LogP contribution in [0, 0.1) is 0 Å². The van der Waals surface area contributed by atoms with Crippen LogP contribution in [0.5, 0.6) is 0 Å². The molecule has 0 radical (unpaired) electrons. The van der Waals surface area contributed by atoms with Crippen molar-refractivity contribution in [3.63, 3.8) is 0 Å². The molecule has 0 spiro atoms. The van der Waals surface area contributed by atoms with Gasteiger partial charge in [0, 0.05) is 12.2 Å². The highest BCUT2D eigenvalue weighted by Gasteiger charge is 2.37. The average molecular weight is 338 g/mol. The van der Waals surface area contributed by atoms with Crippen LogP contribution in [0.3, 0.4) is 0 Å². The number of aromatic nitrogens is 3. The fraction of sp³-hybridized carbons (Fsp3) is 0.438. The first-order valence-electron chi connectivity index (χ1n) is 7.68. The van der Waals surface area contributed by atoms with Gasteiger partial charge in [0.1, 0.15) is 6.54 Å². The molecule has 128 valence electrons. The molecule has 1 atom stereocenters. The Morgan fingerprint density at radius 3 is 2.75 bits per heavy atom. The van der Waals surface area contributed by atoms with Gasteiger partial charge in [0.25, 0.3) is 0 Å². The summed E-state index contributed by atoms with van der Waals surface area (Å²) in [6, 6.07) is 4.79. The minimum atomic E-state index is -4.40. The lowest BCUT2D eigenvalue weighted by atomic mass is 10.0. The molecule has 1 heterocycles. The summed E-state index contributed by atoms with van der Waals surface area (Å²) >= 11 is 0. The van der Waals surface area contributed by atoms with Crippen LogP contribution < -0.4 is 0 Å². The summed E-state index contributed by atoms with van der Waals surface area (Å²) in [5.41, 5.74) is -0.227. The van der Waals surface area contributed by atoms with Crippen LogP contribution in [0.4, 0.5) is 13.2 Å². The van der Waals surface area contributed by atoms with E-state index in [1.807, 2.05) is 0 Å². The van der Waals surface area contributed by atoms with Crippen LogP contribution in [0.25, 0.3) is 0 Å². The smallest absolute Gasteiger partial charge is 0.331 e. The molecule has 0 aliphatic heterocycles. The molecule has 1 unspecified atom stereocenters. The predicted octanol–water partition coefficient (Wildman–Crippen LogP) is 3.05. The maximum Gasteiger partial charge on any atom is 0.416 e. The van der Waals surface area contributed by atoms with Crippen LogP contribution in [0.2, 0.25) is 0 Å². The van der Waals surface area contributed by atoms with E-state index in [1.54, 1.807) is 24.1 Å².